The number of allylic oxidation sites excluding steroid dienone is 1. The number of ether oxygens (including phenoxy) is 3. The minimum atomic E-state index is -1.17. The largest absolute Gasteiger partial charge is 0.496 e. The highest BCUT2D eigenvalue weighted by molar-refractivity contribution is 7.84. The maximum Gasteiger partial charge on any atom is 0.156 e. The molecule has 0 bridgehead atoms. The SMILES string of the molecule is CCCCOCCOc1ccc(-c2ccc(OC)c(/C=C/C(=O)CCc3ccc(S(=O)Cc4c(C)ncn4CCC)cc3)c2)cc1. The molecule has 1 heterocycles. The highest BCUT2D eigenvalue weighted by Gasteiger charge is 2.13. The molecule has 0 saturated carbocycles. The molecule has 7 nitrogen and oxygen atoms in total. The van der Waals surface area contributed by atoms with Crippen molar-refractivity contribution < 1.29 is 23.2 Å². The van der Waals surface area contributed by atoms with E-state index in [4.69, 9.17) is 14.2 Å². The minimum Gasteiger partial charge on any atom is -0.496 e. The molecule has 244 valence electrons. The lowest BCUT2D eigenvalue weighted by Crippen LogP contribution is -2.07. The highest BCUT2D eigenvalue weighted by Crippen LogP contribution is 2.29. The topological polar surface area (TPSA) is 79.7 Å². The minimum absolute atomic E-state index is 0.0277. The second kappa shape index (κ2) is 18.2. The third kappa shape index (κ3) is 10.3. The molecule has 0 aliphatic heterocycles. The summed E-state index contributed by atoms with van der Waals surface area (Å²) in [4.78, 5) is 18.0. The predicted octanol–water partition coefficient (Wildman–Crippen LogP) is 8.00. The van der Waals surface area contributed by atoms with E-state index in [9.17, 15) is 9.00 Å². The molecule has 0 saturated heterocycles. The van der Waals surface area contributed by atoms with E-state index in [1.54, 1.807) is 13.2 Å². The fourth-order valence-corrected chi connectivity index (χ4v) is 6.26. The summed E-state index contributed by atoms with van der Waals surface area (Å²) in [6.45, 7) is 8.96. The molecular weight excluding hydrogens is 596 g/mol. The van der Waals surface area contributed by atoms with E-state index >= 15 is 0 Å². The first kappa shape index (κ1) is 34.9. The first-order valence-electron chi connectivity index (χ1n) is 16.1. The van der Waals surface area contributed by atoms with Crippen LogP contribution in [0, 0.1) is 6.92 Å². The molecule has 3 aromatic carbocycles. The van der Waals surface area contributed by atoms with Crippen molar-refractivity contribution in [3.05, 3.63) is 102 Å². The molecule has 4 aromatic rings. The van der Waals surface area contributed by atoms with Gasteiger partial charge in [-0.05, 0) is 91.4 Å². The summed E-state index contributed by atoms with van der Waals surface area (Å²) in [5, 5.41) is 0. The molecule has 1 unspecified atom stereocenters. The Hall–Kier alpha value is -4.01. The Morgan fingerprint density at radius 1 is 0.935 bits per heavy atom. The Balaban J connectivity index is 1.30. The van der Waals surface area contributed by atoms with E-state index in [2.05, 4.69) is 23.4 Å². The average molecular weight is 643 g/mol. The highest BCUT2D eigenvalue weighted by atomic mass is 32.2. The number of rotatable bonds is 19. The molecule has 46 heavy (non-hydrogen) atoms. The number of carbonyl (C=O) groups is 1. The van der Waals surface area contributed by atoms with Crippen molar-refractivity contribution in [2.45, 2.75) is 70.1 Å². The Labute approximate surface area is 276 Å². The zero-order valence-electron chi connectivity index (χ0n) is 27.5. The van der Waals surface area contributed by atoms with Crippen LogP contribution in [0.5, 0.6) is 11.5 Å². The molecule has 0 N–H and O–H groups in total. The number of imidazole rings is 1. The Bertz CT molecular complexity index is 1590. The lowest BCUT2D eigenvalue weighted by atomic mass is 10.0. The summed E-state index contributed by atoms with van der Waals surface area (Å²) in [6, 6.07) is 21.6. The molecule has 4 rings (SSSR count). The van der Waals surface area contributed by atoms with Gasteiger partial charge in [0.05, 0.1) is 48.0 Å². The number of carbonyl (C=O) groups excluding carboxylic acids is 1. The van der Waals surface area contributed by atoms with Gasteiger partial charge in [-0.3, -0.25) is 9.00 Å². The van der Waals surface area contributed by atoms with Crippen LogP contribution in [-0.2, 0) is 39.0 Å². The van der Waals surface area contributed by atoms with Gasteiger partial charge in [0, 0.05) is 30.0 Å². The van der Waals surface area contributed by atoms with E-state index in [1.807, 2.05) is 86.1 Å². The Morgan fingerprint density at radius 3 is 2.41 bits per heavy atom. The van der Waals surface area contributed by atoms with Crippen molar-refractivity contribution in [1.29, 1.82) is 0 Å². The standard InChI is InChI=1S/C38H46N2O5S/c1-5-7-23-44-24-25-45-35-17-12-31(13-18-35)32-14-21-38(43-4)33(26-32)11-16-34(41)15-8-30-9-19-36(20-10-30)46(42)27-37-29(3)39-28-40(37)22-6-2/h9-14,16-21,26,28H,5-8,15,22-25,27H2,1-4H3/b16-11+. The second-order valence-electron chi connectivity index (χ2n) is 11.2. The smallest absolute Gasteiger partial charge is 0.156 e. The van der Waals surface area contributed by atoms with E-state index < -0.39 is 10.8 Å². The molecule has 1 aromatic heterocycles. The monoisotopic (exact) mass is 642 g/mol. The summed E-state index contributed by atoms with van der Waals surface area (Å²) in [5.41, 5.74) is 5.87. The number of unbranched alkanes of at least 4 members (excludes halogenated alkanes) is 1. The summed E-state index contributed by atoms with van der Waals surface area (Å²) in [5.74, 6) is 1.97. The molecule has 0 aliphatic carbocycles. The normalized spacial score (nSPS) is 12.0. The number of hydrogen-bond acceptors (Lipinski definition) is 6. The zero-order chi connectivity index (χ0) is 32.7. The molecule has 1 atom stereocenters. The van der Waals surface area contributed by atoms with Crippen LogP contribution in [0.3, 0.4) is 0 Å². The van der Waals surface area contributed by atoms with Gasteiger partial charge in [0.25, 0.3) is 0 Å². The quantitative estimate of drug-likeness (QED) is 0.0762. The fourth-order valence-electron chi connectivity index (χ4n) is 5.03. The van der Waals surface area contributed by atoms with Gasteiger partial charge in [0.1, 0.15) is 18.1 Å². The molecule has 8 heteroatoms. The summed E-state index contributed by atoms with van der Waals surface area (Å²) < 4.78 is 32.1. The maximum absolute atomic E-state index is 13.1. The number of ketones is 1. The molecule has 0 fully saturated rings. The maximum atomic E-state index is 13.1. The van der Waals surface area contributed by atoms with Crippen LogP contribution in [0.4, 0.5) is 0 Å². The van der Waals surface area contributed by atoms with Gasteiger partial charge in [-0.1, -0.05) is 50.6 Å². The van der Waals surface area contributed by atoms with Crippen LogP contribution < -0.4 is 9.47 Å². The molecular formula is C38H46N2O5S. The van der Waals surface area contributed by atoms with E-state index in [0.717, 1.165) is 76.7 Å². The van der Waals surface area contributed by atoms with Gasteiger partial charge < -0.3 is 18.8 Å². The molecule has 0 aliphatic rings. The molecule has 0 radical (unpaired) electrons. The van der Waals surface area contributed by atoms with Crippen molar-refractivity contribution in [2.24, 2.45) is 0 Å². The van der Waals surface area contributed by atoms with Crippen LogP contribution in [0.25, 0.3) is 17.2 Å². The van der Waals surface area contributed by atoms with Crippen LogP contribution in [0.1, 0.15) is 62.0 Å². The van der Waals surface area contributed by atoms with Crippen LogP contribution >= 0.6 is 0 Å². The van der Waals surface area contributed by atoms with E-state index in [-0.39, 0.29) is 5.78 Å². The van der Waals surface area contributed by atoms with Gasteiger partial charge in [-0.25, -0.2) is 4.98 Å². The lowest BCUT2D eigenvalue weighted by molar-refractivity contribution is -0.114. The number of aromatic nitrogens is 2. The number of benzene rings is 3. The molecule has 0 amide bonds. The number of aryl methyl sites for hydroxylation is 3. The summed E-state index contributed by atoms with van der Waals surface area (Å²) in [7, 11) is 0.461. The van der Waals surface area contributed by atoms with Gasteiger partial charge in [0.2, 0.25) is 0 Å². The Kier molecular flexibility index (Phi) is 13.8. The summed E-state index contributed by atoms with van der Waals surface area (Å²) >= 11 is 0. The van der Waals surface area contributed by atoms with Crippen LogP contribution in [0.2, 0.25) is 0 Å². The number of hydrogen-bond donors (Lipinski definition) is 0. The van der Waals surface area contributed by atoms with E-state index in [0.29, 0.717) is 37.6 Å². The van der Waals surface area contributed by atoms with Crippen LogP contribution in [-0.4, -0.2) is 46.5 Å². The predicted molar refractivity (Wildman–Crippen MR) is 186 cm³/mol. The average Bonchev–Trinajstić information content (AvgIpc) is 3.42. The fraction of sp³-hybridized carbons (Fsp3) is 0.368. The van der Waals surface area contributed by atoms with Gasteiger partial charge >= 0.3 is 0 Å². The van der Waals surface area contributed by atoms with Crippen molar-refractivity contribution >= 4 is 22.7 Å². The van der Waals surface area contributed by atoms with Gasteiger partial charge in [-0.15, -0.1) is 0 Å². The first-order chi connectivity index (χ1) is 22.4. The van der Waals surface area contributed by atoms with Crippen molar-refractivity contribution in [2.75, 3.05) is 26.9 Å². The zero-order valence-corrected chi connectivity index (χ0v) is 28.3. The third-order valence-electron chi connectivity index (χ3n) is 7.74. The van der Waals surface area contributed by atoms with Gasteiger partial charge in [-0.2, -0.15) is 0 Å². The van der Waals surface area contributed by atoms with E-state index in [1.165, 1.54) is 0 Å². The summed E-state index contributed by atoms with van der Waals surface area (Å²) in [6.07, 6.45) is 9.43. The van der Waals surface area contributed by atoms with Gasteiger partial charge in [0.15, 0.2) is 5.78 Å². The molecule has 0 spiro atoms. The second-order valence-corrected chi connectivity index (χ2v) is 12.7. The lowest BCUT2D eigenvalue weighted by Gasteiger charge is -2.10. The third-order valence-corrected chi connectivity index (χ3v) is 9.07. The Morgan fingerprint density at radius 2 is 1.70 bits per heavy atom. The van der Waals surface area contributed by atoms with Crippen molar-refractivity contribution in [3.63, 3.8) is 0 Å². The number of methoxy groups -OCH3 is 1. The van der Waals surface area contributed by atoms with Crippen molar-refractivity contribution in [1.82, 2.24) is 9.55 Å². The van der Waals surface area contributed by atoms with Crippen molar-refractivity contribution in [3.8, 4) is 22.6 Å². The number of nitrogens with zero attached hydrogens (tertiary/aromatic N) is 2. The van der Waals surface area contributed by atoms with Crippen LogP contribution in [0.15, 0.2) is 84.0 Å². The first-order valence-corrected chi connectivity index (χ1v) is 17.4.